The minimum absolute atomic E-state index is 0.0395. The lowest BCUT2D eigenvalue weighted by molar-refractivity contribution is -0.118. The summed E-state index contributed by atoms with van der Waals surface area (Å²) in [6.45, 7) is 2.83. The average molecular weight is 245 g/mol. The molecule has 1 atom stereocenters. The highest BCUT2D eigenvalue weighted by Gasteiger charge is 2.32. The van der Waals surface area contributed by atoms with Gasteiger partial charge in [-0.2, -0.15) is 0 Å². The lowest BCUT2D eigenvalue weighted by Gasteiger charge is -2.25. The van der Waals surface area contributed by atoms with Crippen molar-refractivity contribution in [3.63, 3.8) is 0 Å². The van der Waals surface area contributed by atoms with Gasteiger partial charge in [0, 0.05) is 13.0 Å². The second-order valence-electron chi connectivity index (χ2n) is 4.50. The SMILES string of the molecule is CCCC1C(=O)CCN1n1cnc2cncnc21. The fourth-order valence-electron chi connectivity index (χ4n) is 2.50. The first-order chi connectivity index (χ1) is 8.81. The van der Waals surface area contributed by atoms with E-state index in [2.05, 4.69) is 26.9 Å². The third-order valence-corrected chi connectivity index (χ3v) is 3.35. The lowest BCUT2D eigenvalue weighted by atomic mass is 10.1. The summed E-state index contributed by atoms with van der Waals surface area (Å²) in [5, 5.41) is 2.06. The van der Waals surface area contributed by atoms with Gasteiger partial charge in [-0.3, -0.25) is 9.80 Å². The first kappa shape index (κ1) is 11.1. The van der Waals surface area contributed by atoms with Crippen LogP contribution in [0.15, 0.2) is 18.9 Å². The topological polar surface area (TPSA) is 63.9 Å². The van der Waals surface area contributed by atoms with Gasteiger partial charge in [0.05, 0.1) is 6.20 Å². The maximum absolute atomic E-state index is 11.9. The lowest BCUT2D eigenvalue weighted by Crippen LogP contribution is -2.41. The Labute approximate surface area is 105 Å². The number of carbonyl (C=O) groups is 1. The van der Waals surface area contributed by atoms with Crippen LogP contribution in [-0.4, -0.2) is 38.0 Å². The largest absolute Gasteiger partial charge is 0.299 e. The van der Waals surface area contributed by atoms with E-state index in [9.17, 15) is 4.79 Å². The smallest absolute Gasteiger partial charge is 0.182 e. The van der Waals surface area contributed by atoms with Crippen molar-refractivity contribution in [2.45, 2.75) is 32.2 Å². The fourth-order valence-corrected chi connectivity index (χ4v) is 2.50. The maximum atomic E-state index is 11.9. The molecule has 1 unspecified atom stereocenters. The van der Waals surface area contributed by atoms with Gasteiger partial charge in [-0.15, -0.1) is 0 Å². The third kappa shape index (κ3) is 1.64. The van der Waals surface area contributed by atoms with Crippen LogP contribution in [0.2, 0.25) is 0 Å². The van der Waals surface area contributed by atoms with Crippen LogP contribution in [0, 0.1) is 0 Å². The molecule has 0 saturated carbocycles. The molecule has 3 rings (SSSR count). The minimum atomic E-state index is -0.0395. The van der Waals surface area contributed by atoms with Crippen LogP contribution in [0.4, 0.5) is 0 Å². The predicted molar refractivity (Wildman–Crippen MR) is 66.7 cm³/mol. The van der Waals surface area contributed by atoms with Crippen LogP contribution in [0.25, 0.3) is 11.2 Å². The number of nitrogens with zero attached hydrogens (tertiary/aromatic N) is 5. The number of hydrogen-bond donors (Lipinski definition) is 0. The first-order valence-electron chi connectivity index (χ1n) is 6.24. The van der Waals surface area contributed by atoms with Crippen molar-refractivity contribution in [2.75, 3.05) is 11.6 Å². The van der Waals surface area contributed by atoms with Gasteiger partial charge < -0.3 is 0 Å². The number of ketones is 1. The third-order valence-electron chi connectivity index (χ3n) is 3.35. The van der Waals surface area contributed by atoms with Crippen molar-refractivity contribution < 1.29 is 4.79 Å². The minimum Gasteiger partial charge on any atom is -0.299 e. The zero-order chi connectivity index (χ0) is 12.5. The molecule has 3 heterocycles. The second kappa shape index (κ2) is 4.36. The standard InChI is InChI=1S/C12H15N5O/c1-2-3-10-11(18)4-5-16(10)17-8-15-9-6-13-7-14-12(9)17/h6-8,10H,2-5H2,1H3. The van der Waals surface area contributed by atoms with Crippen LogP contribution in [-0.2, 0) is 4.79 Å². The quantitative estimate of drug-likeness (QED) is 0.804. The molecule has 0 radical (unpaired) electrons. The summed E-state index contributed by atoms with van der Waals surface area (Å²) in [5.41, 5.74) is 1.52. The molecule has 0 spiro atoms. The Bertz CT molecular complexity index is 579. The number of imidazole rings is 1. The molecule has 1 fully saturated rings. The van der Waals surface area contributed by atoms with Gasteiger partial charge >= 0.3 is 0 Å². The van der Waals surface area contributed by atoms with Crippen molar-refractivity contribution in [1.29, 1.82) is 0 Å². The van der Waals surface area contributed by atoms with Crippen LogP contribution in [0.3, 0.4) is 0 Å². The van der Waals surface area contributed by atoms with Crippen molar-refractivity contribution in [3.8, 4) is 0 Å². The predicted octanol–water partition coefficient (Wildman–Crippen LogP) is 0.906. The van der Waals surface area contributed by atoms with Crippen molar-refractivity contribution in [2.24, 2.45) is 0 Å². The summed E-state index contributed by atoms with van der Waals surface area (Å²) >= 11 is 0. The molecule has 6 heteroatoms. The molecular weight excluding hydrogens is 230 g/mol. The van der Waals surface area contributed by atoms with Crippen molar-refractivity contribution >= 4 is 16.9 Å². The van der Waals surface area contributed by atoms with Gasteiger partial charge in [0.15, 0.2) is 11.4 Å². The Kier molecular flexibility index (Phi) is 2.70. The van der Waals surface area contributed by atoms with Gasteiger partial charge in [-0.25, -0.2) is 19.6 Å². The Morgan fingerprint density at radius 3 is 3.17 bits per heavy atom. The molecule has 2 aromatic rings. The highest BCUT2D eigenvalue weighted by molar-refractivity contribution is 5.89. The zero-order valence-corrected chi connectivity index (χ0v) is 10.3. The molecule has 18 heavy (non-hydrogen) atoms. The van der Waals surface area contributed by atoms with Crippen LogP contribution in [0.5, 0.6) is 0 Å². The van der Waals surface area contributed by atoms with Crippen LogP contribution >= 0.6 is 0 Å². The van der Waals surface area contributed by atoms with E-state index in [1.165, 1.54) is 6.33 Å². The molecule has 0 amide bonds. The monoisotopic (exact) mass is 245 g/mol. The summed E-state index contributed by atoms with van der Waals surface area (Å²) in [5.74, 6) is 0.313. The zero-order valence-electron chi connectivity index (χ0n) is 10.3. The molecule has 1 aliphatic heterocycles. The van der Waals surface area contributed by atoms with Gasteiger partial charge in [0.1, 0.15) is 24.2 Å². The van der Waals surface area contributed by atoms with E-state index in [-0.39, 0.29) is 6.04 Å². The number of hydrogen-bond acceptors (Lipinski definition) is 5. The number of carbonyl (C=O) groups excluding carboxylic acids is 1. The van der Waals surface area contributed by atoms with E-state index in [0.29, 0.717) is 12.2 Å². The number of aromatic nitrogens is 4. The Balaban J connectivity index is 2.01. The first-order valence-corrected chi connectivity index (χ1v) is 6.24. The molecule has 6 nitrogen and oxygen atoms in total. The molecular formula is C12H15N5O. The highest BCUT2D eigenvalue weighted by Crippen LogP contribution is 2.19. The molecule has 94 valence electrons. The summed E-state index contributed by atoms with van der Waals surface area (Å²) in [7, 11) is 0. The summed E-state index contributed by atoms with van der Waals surface area (Å²) in [4.78, 5) is 24.4. The molecule has 2 aromatic heterocycles. The van der Waals surface area contributed by atoms with Gasteiger partial charge in [-0.1, -0.05) is 13.3 Å². The Morgan fingerprint density at radius 2 is 2.33 bits per heavy atom. The van der Waals surface area contributed by atoms with E-state index in [0.717, 1.165) is 30.6 Å². The van der Waals surface area contributed by atoms with Gasteiger partial charge in [-0.05, 0) is 6.42 Å². The van der Waals surface area contributed by atoms with Crippen molar-refractivity contribution in [1.82, 2.24) is 19.6 Å². The van der Waals surface area contributed by atoms with Gasteiger partial charge in [0.25, 0.3) is 0 Å². The fraction of sp³-hybridized carbons (Fsp3) is 0.500. The molecule has 0 bridgehead atoms. The Morgan fingerprint density at radius 1 is 1.44 bits per heavy atom. The molecule has 0 aromatic carbocycles. The number of fused-ring (bicyclic) bond motifs is 1. The maximum Gasteiger partial charge on any atom is 0.182 e. The van der Waals surface area contributed by atoms with E-state index in [1.807, 2.05) is 4.68 Å². The van der Waals surface area contributed by atoms with E-state index in [4.69, 9.17) is 0 Å². The van der Waals surface area contributed by atoms with E-state index in [1.54, 1.807) is 12.5 Å². The Hall–Kier alpha value is -1.98. The average Bonchev–Trinajstić information content (AvgIpc) is 2.95. The molecule has 1 aliphatic rings. The molecule has 0 N–H and O–H groups in total. The highest BCUT2D eigenvalue weighted by atomic mass is 16.1. The summed E-state index contributed by atoms with van der Waals surface area (Å²) < 4.78 is 1.89. The molecule has 1 saturated heterocycles. The second-order valence-corrected chi connectivity index (χ2v) is 4.50. The van der Waals surface area contributed by atoms with Gasteiger partial charge in [0.2, 0.25) is 0 Å². The van der Waals surface area contributed by atoms with Crippen molar-refractivity contribution in [3.05, 3.63) is 18.9 Å². The van der Waals surface area contributed by atoms with Crippen LogP contribution < -0.4 is 5.01 Å². The summed E-state index contributed by atoms with van der Waals surface area (Å²) in [6.07, 6.45) is 7.40. The normalized spacial score (nSPS) is 19.9. The van der Waals surface area contributed by atoms with E-state index < -0.39 is 0 Å². The van der Waals surface area contributed by atoms with Crippen LogP contribution in [0.1, 0.15) is 26.2 Å². The number of Topliss-reactive ketones (excluding diaryl/α,β-unsaturated/α-hetero) is 1. The summed E-state index contributed by atoms with van der Waals surface area (Å²) in [6, 6.07) is -0.0395. The van der Waals surface area contributed by atoms with E-state index >= 15 is 0 Å². The molecule has 0 aliphatic carbocycles. The number of rotatable bonds is 3.